The summed E-state index contributed by atoms with van der Waals surface area (Å²) in [5.41, 5.74) is 15.1. The smallest absolute Gasteiger partial charge is 0.178 e. The SMILES string of the molecule is c1ccc(-c2ccc(C(c3ccc(-c4ccccc4)cc3)c3cccc(-c4cccc(N5c6ccccc6Oc6c5n(-c5ccccc5)c5ccccc65)c4)c3)cc2)cc1. The fraction of sp³-hybridized carbons (Fsp3) is 0.0175. The number of ether oxygens (including phenoxy) is 1. The van der Waals surface area contributed by atoms with Crippen LogP contribution in [0.2, 0.25) is 0 Å². The molecule has 0 bridgehead atoms. The van der Waals surface area contributed by atoms with Crippen molar-refractivity contribution in [1.82, 2.24) is 4.57 Å². The molecule has 1 aliphatic heterocycles. The van der Waals surface area contributed by atoms with E-state index in [1.54, 1.807) is 0 Å². The number of aromatic nitrogens is 1. The van der Waals surface area contributed by atoms with E-state index in [0.717, 1.165) is 56.4 Å². The summed E-state index contributed by atoms with van der Waals surface area (Å²) >= 11 is 0. The maximum absolute atomic E-state index is 6.79. The molecule has 10 aromatic rings. The highest BCUT2D eigenvalue weighted by Gasteiger charge is 2.33. The van der Waals surface area contributed by atoms with Crippen LogP contribution in [0.4, 0.5) is 17.2 Å². The topological polar surface area (TPSA) is 17.4 Å². The highest BCUT2D eigenvalue weighted by Crippen LogP contribution is 2.55. The first-order chi connectivity index (χ1) is 29.8. The van der Waals surface area contributed by atoms with Crippen LogP contribution >= 0.6 is 0 Å². The Bertz CT molecular complexity index is 3020. The predicted molar refractivity (Wildman–Crippen MR) is 248 cm³/mol. The first-order valence-electron chi connectivity index (χ1n) is 20.5. The average molecular weight is 769 g/mol. The summed E-state index contributed by atoms with van der Waals surface area (Å²) < 4.78 is 9.11. The summed E-state index contributed by atoms with van der Waals surface area (Å²) in [6, 6.07) is 84.8. The minimum Gasteiger partial charge on any atom is -0.451 e. The van der Waals surface area contributed by atoms with Crippen molar-refractivity contribution in [2.45, 2.75) is 5.92 Å². The van der Waals surface area contributed by atoms with Crippen LogP contribution in [0.15, 0.2) is 237 Å². The molecule has 0 radical (unpaired) electrons. The van der Waals surface area contributed by atoms with Crippen LogP contribution in [0.5, 0.6) is 11.5 Å². The van der Waals surface area contributed by atoms with Gasteiger partial charge in [-0.05, 0) is 98.6 Å². The molecule has 11 rings (SSSR count). The van der Waals surface area contributed by atoms with Crippen molar-refractivity contribution in [2.75, 3.05) is 4.90 Å². The summed E-state index contributed by atoms with van der Waals surface area (Å²) in [7, 11) is 0. The normalized spacial score (nSPS) is 11.9. The first-order valence-corrected chi connectivity index (χ1v) is 20.5. The number of para-hydroxylation sites is 4. The van der Waals surface area contributed by atoms with E-state index in [0.29, 0.717) is 0 Å². The van der Waals surface area contributed by atoms with Crippen molar-refractivity contribution in [3.8, 4) is 50.6 Å². The van der Waals surface area contributed by atoms with Gasteiger partial charge in [-0.2, -0.15) is 0 Å². The van der Waals surface area contributed by atoms with Crippen molar-refractivity contribution in [2.24, 2.45) is 0 Å². The van der Waals surface area contributed by atoms with Crippen molar-refractivity contribution >= 4 is 28.1 Å². The third-order valence-corrected chi connectivity index (χ3v) is 11.7. The largest absolute Gasteiger partial charge is 0.451 e. The second kappa shape index (κ2) is 15.1. The van der Waals surface area contributed by atoms with Crippen molar-refractivity contribution in [1.29, 1.82) is 0 Å². The van der Waals surface area contributed by atoms with E-state index >= 15 is 0 Å². The van der Waals surface area contributed by atoms with E-state index in [2.05, 4.69) is 240 Å². The first kappa shape index (κ1) is 35.3. The minimum absolute atomic E-state index is 0.0260. The van der Waals surface area contributed by atoms with Crippen LogP contribution < -0.4 is 9.64 Å². The lowest BCUT2D eigenvalue weighted by Crippen LogP contribution is -2.18. The Labute approximate surface area is 350 Å². The number of benzene rings is 9. The summed E-state index contributed by atoms with van der Waals surface area (Å²) in [5.74, 6) is 2.68. The zero-order valence-electron chi connectivity index (χ0n) is 32.9. The Morgan fingerprint density at radius 3 is 1.52 bits per heavy atom. The lowest BCUT2D eigenvalue weighted by Gasteiger charge is -2.33. The molecule has 0 N–H and O–H groups in total. The van der Waals surface area contributed by atoms with E-state index in [1.807, 2.05) is 6.07 Å². The number of fused-ring (bicyclic) bond motifs is 4. The molecule has 0 atom stereocenters. The van der Waals surface area contributed by atoms with Gasteiger partial charge in [0.2, 0.25) is 0 Å². The maximum Gasteiger partial charge on any atom is 0.178 e. The highest BCUT2D eigenvalue weighted by atomic mass is 16.5. The molecule has 0 spiro atoms. The zero-order chi connectivity index (χ0) is 39.8. The molecular formula is C57H40N2O. The molecule has 9 aromatic carbocycles. The number of anilines is 3. The lowest BCUT2D eigenvalue weighted by atomic mass is 9.83. The van der Waals surface area contributed by atoms with E-state index in [-0.39, 0.29) is 5.92 Å². The lowest BCUT2D eigenvalue weighted by molar-refractivity contribution is 0.481. The maximum atomic E-state index is 6.79. The summed E-state index contributed by atoms with van der Waals surface area (Å²) in [6.45, 7) is 0. The van der Waals surface area contributed by atoms with Crippen molar-refractivity contribution < 1.29 is 4.74 Å². The van der Waals surface area contributed by atoms with Crippen LogP contribution in [-0.4, -0.2) is 4.57 Å². The van der Waals surface area contributed by atoms with Gasteiger partial charge in [0.25, 0.3) is 0 Å². The standard InChI is InChI=1S/C57H40N2O/c1-4-16-40(17-5-1)42-30-34-44(35-31-42)55(45-36-32-43(33-37-45)41-18-6-2-7-19-41)48-22-14-20-46(38-48)47-21-15-25-50(39-47)59-53-28-12-13-29-54(53)60-56-51-26-10-11-27-52(51)58(57(56)59)49-23-8-3-9-24-49/h1-39,55H. The third kappa shape index (κ3) is 6.34. The Hall–Kier alpha value is -7.88. The van der Waals surface area contributed by atoms with Gasteiger partial charge in [-0.3, -0.25) is 9.47 Å². The van der Waals surface area contributed by atoms with Gasteiger partial charge in [0.05, 0.1) is 11.2 Å². The van der Waals surface area contributed by atoms with Gasteiger partial charge < -0.3 is 4.74 Å². The molecule has 0 unspecified atom stereocenters. The van der Waals surface area contributed by atoms with Gasteiger partial charge in [0.1, 0.15) is 0 Å². The van der Waals surface area contributed by atoms with E-state index in [1.165, 1.54) is 38.9 Å². The van der Waals surface area contributed by atoms with Crippen molar-refractivity contribution in [3.05, 3.63) is 253 Å². The van der Waals surface area contributed by atoms with E-state index < -0.39 is 0 Å². The Balaban J connectivity index is 1.03. The van der Waals surface area contributed by atoms with Gasteiger partial charge in [0.15, 0.2) is 17.3 Å². The molecule has 3 heteroatoms. The Morgan fingerprint density at radius 2 is 0.850 bits per heavy atom. The fourth-order valence-electron chi connectivity index (χ4n) is 8.85. The van der Waals surface area contributed by atoms with Gasteiger partial charge in [-0.15, -0.1) is 0 Å². The number of hydrogen-bond acceptors (Lipinski definition) is 2. The van der Waals surface area contributed by atoms with Gasteiger partial charge in [-0.25, -0.2) is 0 Å². The predicted octanol–water partition coefficient (Wildman–Crippen LogP) is 15.4. The monoisotopic (exact) mass is 768 g/mol. The van der Waals surface area contributed by atoms with Crippen molar-refractivity contribution in [3.63, 3.8) is 0 Å². The molecule has 1 aliphatic rings. The molecule has 0 amide bonds. The molecule has 2 heterocycles. The fourth-order valence-corrected chi connectivity index (χ4v) is 8.85. The van der Waals surface area contributed by atoms with Gasteiger partial charge in [0, 0.05) is 22.7 Å². The molecule has 0 fully saturated rings. The van der Waals surface area contributed by atoms with E-state index in [4.69, 9.17) is 4.74 Å². The summed E-state index contributed by atoms with van der Waals surface area (Å²) in [4.78, 5) is 2.36. The van der Waals surface area contributed by atoms with Crippen LogP contribution in [0.1, 0.15) is 22.6 Å². The number of hydrogen-bond donors (Lipinski definition) is 0. The average Bonchev–Trinajstić information content (AvgIpc) is 3.66. The quantitative estimate of drug-likeness (QED) is 0.143. The molecule has 1 aromatic heterocycles. The number of nitrogens with zero attached hydrogens (tertiary/aromatic N) is 2. The molecule has 0 saturated heterocycles. The molecule has 3 nitrogen and oxygen atoms in total. The third-order valence-electron chi connectivity index (χ3n) is 11.7. The second-order valence-corrected chi connectivity index (χ2v) is 15.3. The molecule has 0 aliphatic carbocycles. The molecule has 0 saturated carbocycles. The summed E-state index contributed by atoms with van der Waals surface area (Å²) in [5, 5.41) is 1.07. The minimum atomic E-state index is 0.0260. The summed E-state index contributed by atoms with van der Waals surface area (Å²) in [6.07, 6.45) is 0. The zero-order valence-corrected chi connectivity index (χ0v) is 32.9. The Morgan fingerprint density at radius 1 is 0.350 bits per heavy atom. The molecule has 284 valence electrons. The molecular weight excluding hydrogens is 729 g/mol. The van der Waals surface area contributed by atoms with E-state index in [9.17, 15) is 0 Å². The highest BCUT2D eigenvalue weighted by molar-refractivity contribution is 6.01. The number of rotatable bonds is 8. The van der Waals surface area contributed by atoms with Crippen LogP contribution in [-0.2, 0) is 0 Å². The Kier molecular flexibility index (Phi) is 8.90. The van der Waals surface area contributed by atoms with Crippen LogP contribution in [0, 0.1) is 0 Å². The van der Waals surface area contributed by atoms with Gasteiger partial charge in [-0.1, -0.05) is 188 Å². The van der Waals surface area contributed by atoms with Crippen LogP contribution in [0.25, 0.3) is 50.0 Å². The van der Waals surface area contributed by atoms with Crippen LogP contribution in [0.3, 0.4) is 0 Å². The second-order valence-electron chi connectivity index (χ2n) is 15.3. The van der Waals surface area contributed by atoms with Gasteiger partial charge >= 0.3 is 0 Å². The molecule has 60 heavy (non-hydrogen) atoms.